The van der Waals surface area contributed by atoms with Gasteiger partial charge in [-0.05, 0) is 33.7 Å². The summed E-state index contributed by atoms with van der Waals surface area (Å²) in [7, 11) is 3.47. The average molecular weight is 214 g/mol. The maximum atomic E-state index is 11.5. The Bertz CT molecular complexity index is 215. The van der Waals surface area contributed by atoms with Crippen molar-refractivity contribution >= 4 is 5.97 Å². The summed E-state index contributed by atoms with van der Waals surface area (Å²) in [6.45, 7) is 4.94. The third-order valence-electron chi connectivity index (χ3n) is 2.85. The fraction of sp³-hybridized carbons (Fsp3) is 0.909. The number of nitrogens with zero attached hydrogens (tertiary/aromatic N) is 1. The molecule has 4 nitrogen and oxygen atoms in total. The highest BCUT2D eigenvalue weighted by molar-refractivity contribution is 5.76. The van der Waals surface area contributed by atoms with Crippen LogP contribution in [-0.4, -0.2) is 49.7 Å². The molecule has 0 aromatic rings. The highest BCUT2D eigenvalue weighted by Crippen LogP contribution is 2.19. The van der Waals surface area contributed by atoms with Crippen molar-refractivity contribution in [1.29, 1.82) is 0 Å². The predicted molar refractivity (Wildman–Crippen MR) is 59.7 cm³/mol. The Morgan fingerprint density at radius 3 is 2.53 bits per heavy atom. The summed E-state index contributed by atoms with van der Waals surface area (Å²) < 4.78 is 4.79. The van der Waals surface area contributed by atoms with E-state index in [1.165, 1.54) is 20.0 Å². The first kappa shape index (κ1) is 12.5. The van der Waals surface area contributed by atoms with Gasteiger partial charge in [0, 0.05) is 18.6 Å². The molecule has 1 N–H and O–H groups in total. The first-order valence-electron chi connectivity index (χ1n) is 5.58. The van der Waals surface area contributed by atoms with E-state index in [0.29, 0.717) is 18.6 Å². The molecule has 0 aromatic carbocycles. The van der Waals surface area contributed by atoms with Crippen LogP contribution < -0.4 is 5.32 Å². The summed E-state index contributed by atoms with van der Waals surface area (Å²) >= 11 is 0. The van der Waals surface area contributed by atoms with Gasteiger partial charge in [0.15, 0.2) is 0 Å². The van der Waals surface area contributed by atoms with Crippen LogP contribution in [0.25, 0.3) is 0 Å². The molecule has 0 aliphatic heterocycles. The lowest BCUT2D eigenvalue weighted by Gasteiger charge is -2.26. The van der Waals surface area contributed by atoms with Crippen molar-refractivity contribution in [3.8, 4) is 0 Å². The van der Waals surface area contributed by atoms with Crippen LogP contribution in [0.5, 0.6) is 0 Å². The smallest absolute Gasteiger partial charge is 0.324 e. The molecule has 1 atom stereocenters. The molecule has 0 saturated heterocycles. The quantitative estimate of drug-likeness (QED) is 0.658. The lowest BCUT2D eigenvalue weighted by Crippen LogP contribution is -2.48. The topological polar surface area (TPSA) is 41.6 Å². The fourth-order valence-electron chi connectivity index (χ4n) is 1.37. The molecule has 1 aliphatic rings. The Morgan fingerprint density at radius 2 is 2.13 bits per heavy atom. The number of methoxy groups -OCH3 is 1. The minimum atomic E-state index is -0.185. The number of hydrogen-bond donors (Lipinski definition) is 1. The highest BCUT2D eigenvalue weighted by atomic mass is 16.5. The molecule has 1 aliphatic carbocycles. The Morgan fingerprint density at radius 1 is 1.53 bits per heavy atom. The van der Waals surface area contributed by atoms with E-state index in [1.807, 2.05) is 7.05 Å². The molecule has 0 spiro atoms. The number of carbonyl (C=O) groups excluding carboxylic acids is 1. The second-order valence-corrected chi connectivity index (χ2v) is 4.55. The number of carbonyl (C=O) groups is 1. The molecular weight excluding hydrogens is 192 g/mol. The second-order valence-electron chi connectivity index (χ2n) is 4.55. The molecule has 88 valence electrons. The molecule has 1 unspecified atom stereocenters. The summed E-state index contributed by atoms with van der Waals surface area (Å²) in [6, 6.07) is 0.780. The van der Waals surface area contributed by atoms with Crippen LogP contribution in [0.15, 0.2) is 0 Å². The monoisotopic (exact) mass is 214 g/mol. The zero-order chi connectivity index (χ0) is 11.4. The molecule has 1 saturated carbocycles. The van der Waals surface area contributed by atoms with Crippen LogP contribution in [0.4, 0.5) is 0 Å². The molecule has 1 fully saturated rings. The summed E-state index contributed by atoms with van der Waals surface area (Å²) in [4.78, 5) is 13.7. The normalized spacial score (nSPS) is 18.3. The molecule has 0 aromatic heterocycles. The highest BCUT2D eigenvalue weighted by Gasteiger charge is 2.29. The molecule has 4 heteroatoms. The number of esters is 1. The average Bonchev–Trinajstić information content (AvgIpc) is 2.99. The number of likely N-dealkylation sites (N-methyl/N-ethyl adjacent to an activating group) is 1. The first-order valence-corrected chi connectivity index (χ1v) is 5.58. The van der Waals surface area contributed by atoms with E-state index >= 15 is 0 Å². The van der Waals surface area contributed by atoms with Crippen molar-refractivity contribution in [3.63, 3.8) is 0 Å². The largest absolute Gasteiger partial charge is 0.468 e. The van der Waals surface area contributed by atoms with Gasteiger partial charge in [0.25, 0.3) is 0 Å². The van der Waals surface area contributed by atoms with E-state index in [1.54, 1.807) is 0 Å². The van der Waals surface area contributed by atoms with E-state index in [4.69, 9.17) is 4.74 Å². The maximum Gasteiger partial charge on any atom is 0.324 e. The lowest BCUT2D eigenvalue weighted by molar-refractivity contribution is -0.143. The molecule has 0 heterocycles. The standard InChI is InChI=1S/C11H22N2O2/c1-8(2)13(3)7-10(11(14)15-4)12-9-5-6-9/h8-10,12H,5-7H2,1-4H3. The van der Waals surface area contributed by atoms with Gasteiger partial charge in [0.1, 0.15) is 6.04 Å². The van der Waals surface area contributed by atoms with Crippen molar-refractivity contribution in [2.24, 2.45) is 0 Å². The fourth-order valence-corrected chi connectivity index (χ4v) is 1.37. The Balaban J connectivity index is 2.43. The molecule has 0 radical (unpaired) electrons. The minimum Gasteiger partial charge on any atom is -0.468 e. The molecule has 0 bridgehead atoms. The van der Waals surface area contributed by atoms with Gasteiger partial charge in [-0.25, -0.2) is 0 Å². The lowest BCUT2D eigenvalue weighted by atomic mass is 10.2. The van der Waals surface area contributed by atoms with Gasteiger partial charge in [-0.15, -0.1) is 0 Å². The molecule has 0 amide bonds. The van der Waals surface area contributed by atoms with E-state index in [0.717, 1.165) is 0 Å². The summed E-state index contributed by atoms with van der Waals surface area (Å²) in [5.41, 5.74) is 0. The Kier molecular flexibility index (Phi) is 4.54. The summed E-state index contributed by atoms with van der Waals surface area (Å²) in [5.74, 6) is -0.158. The summed E-state index contributed by atoms with van der Waals surface area (Å²) in [5, 5.41) is 3.31. The molecular formula is C11H22N2O2. The van der Waals surface area contributed by atoms with Gasteiger partial charge >= 0.3 is 5.97 Å². The van der Waals surface area contributed by atoms with Crippen molar-refractivity contribution < 1.29 is 9.53 Å². The SMILES string of the molecule is COC(=O)C(CN(C)C(C)C)NC1CC1. The second kappa shape index (κ2) is 5.47. The van der Waals surface area contributed by atoms with E-state index in [9.17, 15) is 4.79 Å². The summed E-state index contributed by atoms with van der Waals surface area (Å²) in [6.07, 6.45) is 2.36. The Hall–Kier alpha value is -0.610. The van der Waals surface area contributed by atoms with Crippen LogP contribution in [0.2, 0.25) is 0 Å². The third kappa shape index (κ3) is 4.18. The number of nitrogens with one attached hydrogen (secondary N) is 1. The predicted octanol–water partition coefficient (Wildman–Crippen LogP) is 0.620. The van der Waals surface area contributed by atoms with E-state index < -0.39 is 0 Å². The maximum absolute atomic E-state index is 11.5. The Labute approximate surface area is 92.0 Å². The van der Waals surface area contributed by atoms with Crippen LogP contribution in [0.3, 0.4) is 0 Å². The number of rotatable bonds is 6. The van der Waals surface area contributed by atoms with Crippen molar-refractivity contribution in [1.82, 2.24) is 10.2 Å². The zero-order valence-electron chi connectivity index (χ0n) is 10.1. The van der Waals surface area contributed by atoms with Gasteiger partial charge in [-0.1, -0.05) is 0 Å². The zero-order valence-corrected chi connectivity index (χ0v) is 10.1. The van der Waals surface area contributed by atoms with Gasteiger partial charge in [0.05, 0.1) is 7.11 Å². The van der Waals surface area contributed by atoms with Crippen LogP contribution in [0, 0.1) is 0 Å². The van der Waals surface area contributed by atoms with Crippen LogP contribution in [0.1, 0.15) is 26.7 Å². The molecule has 15 heavy (non-hydrogen) atoms. The van der Waals surface area contributed by atoms with Crippen LogP contribution in [-0.2, 0) is 9.53 Å². The number of hydrogen-bond acceptors (Lipinski definition) is 4. The van der Waals surface area contributed by atoms with Gasteiger partial charge < -0.3 is 15.0 Å². The van der Waals surface area contributed by atoms with Gasteiger partial charge in [-0.2, -0.15) is 0 Å². The van der Waals surface area contributed by atoms with Crippen molar-refractivity contribution in [2.75, 3.05) is 20.7 Å². The number of ether oxygens (including phenoxy) is 1. The van der Waals surface area contributed by atoms with E-state index in [-0.39, 0.29) is 12.0 Å². The molecule has 1 rings (SSSR count). The first-order chi connectivity index (χ1) is 7.04. The van der Waals surface area contributed by atoms with Crippen molar-refractivity contribution in [2.45, 2.75) is 44.8 Å². The minimum absolute atomic E-state index is 0.158. The van der Waals surface area contributed by atoms with Gasteiger partial charge in [-0.3, -0.25) is 4.79 Å². The third-order valence-corrected chi connectivity index (χ3v) is 2.85. The van der Waals surface area contributed by atoms with Crippen molar-refractivity contribution in [3.05, 3.63) is 0 Å². The van der Waals surface area contributed by atoms with E-state index in [2.05, 4.69) is 24.1 Å². The van der Waals surface area contributed by atoms with Gasteiger partial charge in [0.2, 0.25) is 0 Å². The van der Waals surface area contributed by atoms with Crippen LogP contribution >= 0.6 is 0 Å².